The molecule has 1 unspecified atom stereocenters. The molecule has 0 bridgehead atoms. The lowest BCUT2D eigenvalue weighted by Gasteiger charge is -2.08. The number of para-hydroxylation sites is 1. The Bertz CT molecular complexity index is 557. The van der Waals surface area contributed by atoms with Crippen molar-refractivity contribution >= 4 is 11.4 Å². The minimum absolute atomic E-state index is 0.357. The fourth-order valence-electron chi connectivity index (χ4n) is 1.63. The molecule has 0 radical (unpaired) electrons. The predicted molar refractivity (Wildman–Crippen MR) is 78.0 cm³/mol. The molecule has 0 aliphatic carbocycles. The van der Waals surface area contributed by atoms with E-state index in [1.165, 1.54) is 0 Å². The molecule has 0 saturated carbocycles. The van der Waals surface area contributed by atoms with E-state index in [1.807, 2.05) is 55.5 Å². The van der Waals surface area contributed by atoms with Crippen LogP contribution in [-0.2, 0) is 19.9 Å². The molecule has 20 heavy (non-hydrogen) atoms. The second-order valence-electron chi connectivity index (χ2n) is 4.04. The Labute approximate surface area is 121 Å². The fourth-order valence-corrected chi connectivity index (χ4v) is 2.10. The van der Waals surface area contributed by atoms with Gasteiger partial charge in [-0.2, -0.15) is 4.21 Å². The minimum atomic E-state index is -1.91. The normalized spacial score (nSPS) is 12.1. The summed E-state index contributed by atoms with van der Waals surface area (Å²) in [5.74, 6) is 0.493. The summed E-state index contributed by atoms with van der Waals surface area (Å²) >= 11 is -1.91. The van der Waals surface area contributed by atoms with Crippen LogP contribution in [0.5, 0.6) is 5.75 Å². The van der Waals surface area contributed by atoms with E-state index in [9.17, 15) is 4.21 Å². The first-order chi connectivity index (χ1) is 9.81. The van der Waals surface area contributed by atoms with E-state index < -0.39 is 11.4 Å². The molecular formula is C15H16O4S. The lowest BCUT2D eigenvalue weighted by Crippen LogP contribution is -2.06. The molecule has 2 aromatic carbocycles. The van der Waals surface area contributed by atoms with Crippen molar-refractivity contribution in [2.75, 3.05) is 6.61 Å². The standard InChI is InChI=1S/C15H16O4S/c1-2-12-17-20(16)19-18-15-11-7-6-10-14(15)13-8-4-3-5-9-13/h3-11H,2,12H2,1H3. The molecule has 0 aromatic heterocycles. The van der Waals surface area contributed by atoms with Gasteiger partial charge in [-0.3, -0.25) is 4.18 Å². The van der Waals surface area contributed by atoms with Gasteiger partial charge in [0.25, 0.3) is 0 Å². The molecule has 0 saturated heterocycles. The summed E-state index contributed by atoms with van der Waals surface area (Å²) in [6.45, 7) is 2.28. The SMILES string of the molecule is CCCOS(=O)OOc1ccccc1-c1ccccc1. The number of hydrogen-bond donors (Lipinski definition) is 0. The average Bonchev–Trinajstić information content (AvgIpc) is 2.52. The zero-order valence-corrected chi connectivity index (χ0v) is 12.0. The van der Waals surface area contributed by atoms with Gasteiger partial charge in [-0.25, -0.2) is 0 Å². The maximum Gasteiger partial charge on any atom is 0.343 e. The Hall–Kier alpha value is -1.69. The third kappa shape index (κ3) is 4.16. The van der Waals surface area contributed by atoms with Crippen LogP contribution >= 0.6 is 0 Å². The molecule has 0 heterocycles. The summed E-state index contributed by atoms with van der Waals surface area (Å²) in [6, 6.07) is 17.1. The molecule has 4 nitrogen and oxygen atoms in total. The monoisotopic (exact) mass is 292 g/mol. The van der Waals surface area contributed by atoms with Gasteiger partial charge in [0.15, 0.2) is 5.75 Å². The van der Waals surface area contributed by atoms with Gasteiger partial charge in [0.05, 0.1) is 6.61 Å². The number of benzene rings is 2. The third-order valence-electron chi connectivity index (χ3n) is 2.53. The van der Waals surface area contributed by atoms with Crippen molar-refractivity contribution in [3.05, 3.63) is 54.6 Å². The predicted octanol–water partition coefficient (Wildman–Crippen LogP) is 3.67. The van der Waals surface area contributed by atoms with Crippen molar-refractivity contribution in [3.8, 4) is 16.9 Å². The molecule has 5 heteroatoms. The summed E-state index contributed by atoms with van der Waals surface area (Å²) in [5.41, 5.74) is 1.85. The van der Waals surface area contributed by atoms with E-state index in [4.69, 9.17) is 13.4 Å². The van der Waals surface area contributed by atoms with Gasteiger partial charge in [0.2, 0.25) is 0 Å². The van der Waals surface area contributed by atoms with Crippen molar-refractivity contribution < 1.29 is 17.6 Å². The van der Waals surface area contributed by atoms with Crippen LogP contribution < -0.4 is 4.89 Å². The lowest BCUT2D eigenvalue weighted by molar-refractivity contribution is -0.0963. The molecule has 0 aliphatic rings. The van der Waals surface area contributed by atoms with Crippen molar-refractivity contribution in [1.82, 2.24) is 0 Å². The van der Waals surface area contributed by atoms with Gasteiger partial charge in [-0.1, -0.05) is 59.8 Å². The van der Waals surface area contributed by atoms with E-state index in [1.54, 1.807) is 6.07 Å². The Kier molecular flexibility index (Phi) is 5.73. The zero-order chi connectivity index (χ0) is 14.2. The van der Waals surface area contributed by atoms with Crippen molar-refractivity contribution in [2.24, 2.45) is 0 Å². The fraction of sp³-hybridized carbons (Fsp3) is 0.200. The molecule has 0 fully saturated rings. The molecule has 0 N–H and O–H groups in total. The van der Waals surface area contributed by atoms with Gasteiger partial charge < -0.3 is 4.89 Å². The van der Waals surface area contributed by atoms with Crippen LogP contribution in [0.4, 0.5) is 0 Å². The summed E-state index contributed by atoms with van der Waals surface area (Å²) < 4.78 is 21.0. The van der Waals surface area contributed by atoms with Gasteiger partial charge in [-0.15, -0.1) is 0 Å². The van der Waals surface area contributed by atoms with Crippen LogP contribution in [0, 0.1) is 0 Å². The zero-order valence-electron chi connectivity index (χ0n) is 11.2. The highest BCUT2D eigenvalue weighted by Gasteiger charge is 2.09. The van der Waals surface area contributed by atoms with Crippen LogP contribution in [0.25, 0.3) is 11.1 Å². The first-order valence-electron chi connectivity index (χ1n) is 6.35. The van der Waals surface area contributed by atoms with Crippen LogP contribution in [0.15, 0.2) is 54.6 Å². The first kappa shape index (κ1) is 14.7. The Balaban J connectivity index is 2.07. The molecule has 0 aliphatic heterocycles. The summed E-state index contributed by atoms with van der Waals surface area (Å²) in [6.07, 6.45) is 0.760. The first-order valence-corrected chi connectivity index (χ1v) is 7.35. The molecule has 2 rings (SSSR count). The molecular weight excluding hydrogens is 276 g/mol. The highest BCUT2D eigenvalue weighted by atomic mass is 32.2. The van der Waals surface area contributed by atoms with Crippen LogP contribution in [0.2, 0.25) is 0 Å². The molecule has 0 spiro atoms. The third-order valence-corrected chi connectivity index (χ3v) is 3.07. The minimum Gasteiger partial charge on any atom is -0.320 e. The quantitative estimate of drug-likeness (QED) is 0.577. The average molecular weight is 292 g/mol. The lowest BCUT2D eigenvalue weighted by atomic mass is 10.1. The summed E-state index contributed by atoms with van der Waals surface area (Å²) in [4.78, 5) is 5.13. The largest absolute Gasteiger partial charge is 0.343 e. The number of hydrogen-bond acceptors (Lipinski definition) is 4. The molecule has 0 amide bonds. The van der Waals surface area contributed by atoms with E-state index >= 15 is 0 Å². The Morgan fingerprint density at radius 3 is 2.45 bits per heavy atom. The van der Waals surface area contributed by atoms with Crippen molar-refractivity contribution in [1.29, 1.82) is 0 Å². The van der Waals surface area contributed by atoms with E-state index in [0.29, 0.717) is 12.4 Å². The second-order valence-corrected chi connectivity index (χ2v) is 4.82. The molecule has 106 valence electrons. The van der Waals surface area contributed by atoms with Gasteiger partial charge >= 0.3 is 11.4 Å². The van der Waals surface area contributed by atoms with Gasteiger partial charge in [0, 0.05) is 5.56 Å². The van der Waals surface area contributed by atoms with E-state index in [2.05, 4.69) is 0 Å². The topological polar surface area (TPSA) is 44.8 Å². The Morgan fingerprint density at radius 1 is 1.00 bits per heavy atom. The van der Waals surface area contributed by atoms with Crippen LogP contribution in [-0.4, -0.2) is 10.8 Å². The van der Waals surface area contributed by atoms with Gasteiger partial charge in [-0.05, 0) is 18.1 Å². The highest BCUT2D eigenvalue weighted by Crippen LogP contribution is 2.29. The maximum atomic E-state index is 11.4. The van der Waals surface area contributed by atoms with E-state index in [-0.39, 0.29) is 0 Å². The van der Waals surface area contributed by atoms with Gasteiger partial charge in [0.1, 0.15) is 0 Å². The maximum absolute atomic E-state index is 11.4. The Morgan fingerprint density at radius 2 is 1.70 bits per heavy atom. The molecule has 1 atom stereocenters. The number of rotatable bonds is 7. The molecule has 2 aromatic rings. The second kappa shape index (κ2) is 7.79. The highest BCUT2D eigenvalue weighted by molar-refractivity contribution is 7.75. The smallest absolute Gasteiger partial charge is 0.320 e. The van der Waals surface area contributed by atoms with E-state index in [0.717, 1.165) is 17.5 Å². The van der Waals surface area contributed by atoms with Crippen LogP contribution in [0.3, 0.4) is 0 Å². The summed E-state index contributed by atoms with van der Waals surface area (Å²) in [7, 11) is 0. The summed E-state index contributed by atoms with van der Waals surface area (Å²) in [5, 5.41) is 0. The van der Waals surface area contributed by atoms with Crippen molar-refractivity contribution in [3.63, 3.8) is 0 Å². The van der Waals surface area contributed by atoms with Crippen LogP contribution in [0.1, 0.15) is 13.3 Å². The van der Waals surface area contributed by atoms with Crippen molar-refractivity contribution in [2.45, 2.75) is 13.3 Å².